The quantitative estimate of drug-likeness (QED) is 0.213. The summed E-state index contributed by atoms with van der Waals surface area (Å²) in [5.41, 5.74) is 1.23. The summed E-state index contributed by atoms with van der Waals surface area (Å²) in [6.45, 7) is 2.21. The van der Waals surface area contributed by atoms with E-state index in [0.717, 1.165) is 24.2 Å². The van der Waals surface area contributed by atoms with Gasteiger partial charge in [0.05, 0.1) is 24.2 Å². The molecule has 1 aliphatic heterocycles. The lowest BCUT2D eigenvalue weighted by Crippen LogP contribution is -2.24. The number of rotatable bonds is 12. The average Bonchev–Trinajstić information content (AvgIpc) is 3.07. The first-order valence-electron chi connectivity index (χ1n) is 11.5. The Hall–Kier alpha value is -4.01. The Morgan fingerprint density at radius 3 is 2.34 bits per heavy atom. The number of hydrogen-bond donors (Lipinski definition) is 1. The molecule has 0 aliphatic carbocycles. The number of hydrogen-bond acceptors (Lipinski definition) is 7. The van der Waals surface area contributed by atoms with Crippen LogP contribution in [0, 0.1) is 0 Å². The zero-order chi connectivity index (χ0) is 25.4. The van der Waals surface area contributed by atoms with Crippen LogP contribution in [0.1, 0.15) is 70.1 Å². The molecule has 0 spiro atoms. The molecular weight excluding hydrogens is 452 g/mol. The highest BCUT2D eigenvalue weighted by Gasteiger charge is 2.32. The molecule has 3 amide bonds. The number of Topliss-reactive ketones (excluding diaryl/α,β-unsaturated/α-hetero) is 1. The van der Waals surface area contributed by atoms with Gasteiger partial charge in [-0.25, -0.2) is 0 Å². The molecule has 1 heterocycles. The Labute approximate surface area is 203 Å². The summed E-state index contributed by atoms with van der Waals surface area (Å²) in [6.07, 6.45) is 2.98. The average molecular weight is 481 g/mol. The van der Waals surface area contributed by atoms with E-state index in [4.69, 9.17) is 9.47 Å². The molecule has 35 heavy (non-hydrogen) atoms. The van der Waals surface area contributed by atoms with Crippen molar-refractivity contribution in [1.29, 1.82) is 0 Å². The van der Waals surface area contributed by atoms with Crippen molar-refractivity contribution in [3.63, 3.8) is 0 Å². The van der Waals surface area contributed by atoms with Gasteiger partial charge in [0.2, 0.25) is 0 Å². The van der Waals surface area contributed by atoms with Crippen LogP contribution < -0.4 is 10.1 Å². The molecule has 0 fully saturated rings. The van der Waals surface area contributed by atoms with Crippen molar-refractivity contribution in [2.45, 2.75) is 39.0 Å². The Balaban J connectivity index is 1.39. The largest absolute Gasteiger partial charge is 0.494 e. The highest BCUT2D eigenvalue weighted by Crippen LogP contribution is 2.24. The fraction of sp³-hybridized carbons (Fsp3) is 0.346. The second kappa shape index (κ2) is 11.9. The number of imide groups is 1. The normalized spacial score (nSPS) is 12.3. The van der Waals surface area contributed by atoms with Crippen LogP contribution >= 0.6 is 0 Å². The SMILES string of the molecule is CCCCCOc1ccc(C(=O)CCC(=O)OCC(=O)Nc2ccc3c(c2)C(=O)N(C)C3=O)cc1. The van der Waals surface area contributed by atoms with Crippen LogP contribution in [0.25, 0.3) is 0 Å². The Morgan fingerprint density at radius 1 is 0.914 bits per heavy atom. The van der Waals surface area contributed by atoms with E-state index < -0.39 is 30.3 Å². The lowest BCUT2D eigenvalue weighted by atomic mass is 10.1. The maximum Gasteiger partial charge on any atom is 0.306 e. The number of esters is 1. The summed E-state index contributed by atoms with van der Waals surface area (Å²) in [7, 11) is 1.38. The van der Waals surface area contributed by atoms with E-state index in [1.807, 2.05) is 0 Å². The Bertz CT molecular complexity index is 1130. The van der Waals surface area contributed by atoms with Gasteiger partial charge in [-0.2, -0.15) is 0 Å². The third-order valence-corrected chi connectivity index (χ3v) is 5.49. The fourth-order valence-corrected chi connectivity index (χ4v) is 3.49. The number of ether oxygens (including phenoxy) is 2. The summed E-state index contributed by atoms with van der Waals surface area (Å²) in [5.74, 6) is -1.67. The predicted octanol–water partition coefficient (Wildman–Crippen LogP) is 3.63. The molecule has 2 aromatic rings. The van der Waals surface area contributed by atoms with E-state index in [1.165, 1.54) is 25.2 Å². The van der Waals surface area contributed by atoms with E-state index in [-0.39, 0.29) is 29.8 Å². The number of unbranched alkanes of at least 4 members (excludes halogenated alkanes) is 2. The molecule has 0 aromatic heterocycles. The third-order valence-electron chi connectivity index (χ3n) is 5.49. The molecule has 9 heteroatoms. The topological polar surface area (TPSA) is 119 Å². The minimum Gasteiger partial charge on any atom is -0.494 e. The molecular formula is C26H28N2O7. The second-order valence-corrected chi connectivity index (χ2v) is 8.14. The van der Waals surface area contributed by atoms with Gasteiger partial charge in [0.15, 0.2) is 12.4 Å². The third kappa shape index (κ3) is 6.75. The predicted molar refractivity (Wildman–Crippen MR) is 127 cm³/mol. The van der Waals surface area contributed by atoms with Gasteiger partial charge in [-0.1, -0.05) is 19.8 Å². The number of benzene rings is 2. The lowest BCUT2D eigenvalue weighted by Gasteiger charge is -2.08. The van der Waals surface area contributed by atoms with E-state index in [0.29, 0.717) is 23.6 Å². The van der Waals surface area contributed by atoms with Crippen LogP contribution in [0.2, 0.25) is 0 Å². The number of amides is 3. The van der Waals surface area contributed by atoms with Crippen LogP contribution in [-0.4, -0.2) is 54.6 Å². The number of anilines is 1. The van der Waals surface area contributed by atoms with Crippen molar-refractivity contribution in [1.82, 2.24) is 4.90 Å². The van der Waals surface area contributed by atoms with Gasteiger partial charge >= 0.3 is 5.97 Å². The summed E-state index contributed by atoms with van der Waals surface area (Å²) < 4.78 is 10.6. The first-order chi connectivity index (χ1) is 16.8. The van der Waals surface area contributed by atoms with Crippen molar-refractivity contribution < 1.29 is 33.4 Å². The second-order valence-electron chi connectivity index (χ2n) is 8.14. The molecule has 2 aromatic carbocycles. The Morgan fingerprint density at radius 2 is 1.63 bits per heavy atom. The fourth-order valence-electron chi connectivity index (χ4n) is 3.49. The van der Waals surface area contributed by atoms with E-state index in [2.05, 4.69) is 12.2 Å². The zero-order valence-corrected chi connectivity index (χ0v) is 19.8. The van der Waals surface area contributed by atoms with Gasteiger partial charge in [-0.15, -0.1) is 0 Å². The smallest absolute Gasteiger partial charge is 0.306 e. The standard InChI is InChI=1S/C26H28N2O7/c1-3-4-5-14-34-19-9-6-17(7-10-19)22(29)12-13-24(31)35-16-23(30)27-18-8-11-20-21(15-18)26(33)28(2)25(20)32/h6-11,15H,3-5,12-14,16H2,1-2H3,(H,27,30). The van der Waals surface area contributed by atoms with Gasteiger partial charge < -0.3 is 14.8 Å². The van der Waals surface area contributed by atoms with Crippen LogP contribution in [0.4, 0.5) is 5.69 Å². The lowest BCUT2D eigenvalue weighted by molar-refractivity contribution is -0.147. The molecule has 184 valence electrons. The summed E-state index contributed by atoms with van der Waals surface area (Å²) >= 11 is 0. The molecule has 0 saturated carbocycles. The zero-order valence-electron chi connectivity index (χ0n) is 19.8. The molecule has 1 N–H and O–H groups in total. The van der Waals surface area contributed by atoms with Gasteiger partial charge in [0.25, 0.3) is 17.7 Å². The van der Waals surface area contributed by atoms with Crippen LogP contribution in [0.3, 0.4) is 0 Å². The summed E-state index contributed by atoms with van der Waals surface area (Å²) in [4.78, 5) is 61.4. The monoisotopic (exact) mass is 480 g/mol. The molecule has 3 rings (SSSR count). The van der Waals surface area contributed by atoms with Gasteiger partial charge in [-0.3, -0.25) is 28.9 Å². The van der Waals surface area contributed by atoms with Crippen molar-refractivity contribution in [3.05, 3.63) is 59.2 Å². The Kier molecular flexibility index (Phi) is 8.72. The molecule has 1 aliphatic rings. The maximum atomic E-state index is 12.3. The van der Waals surface area contributed by atoms with Gasteiger partial charge in [-0.05, 0) is 48.9 Å². The van der Waals surface area contributed by atoms with E-state index in [9.17, 15) is 24.0 Å². The van der Waals surface area contributed by atoms with Crippen molar-refractivity contribution in [2.24, 2.45) is 0 Å². The van der Waals surface area contributed by atoms with Crippen molar-refractivity contribution >= 4 is 35.2 Å². The van der Waals surface area contributed by atoms with Gasteiger partial charge in [0, 0.05) is 24.7 Å². The first kappa shape index (κ1) is 25.6. The molecule has 0 atom stereocenters. The number of nitrogens with one attached hydrogen (secondary N) is 1. The number of fused-ring (bicyclic) bond motifs is 1. The number of carbonyl (C=O) groups excluding carboxylic acids is 5. The first-order valence-corrected chi connectivity index (χ1v) is 11.5. The summed E-state index contributed by atoms with van der Waals surface area (Å²) in [6, 6.07) is 11.1. The van der Waals surface area contributed by atoms with Crippen LogP contribution in [-0.2, 0) is 14.3 Å². The van der Waals surface area contributed by atoms with Crippen molar-refractivity contribution in [2.75, 3.05) is 25.6 Å². The molecule has 0 radical (unpaired) electrons. The highest BCUT2D eigenvalue weighted by atomic mass is 16.5. The minimum absolute atomic E-state index is 0.0500. The molecule has 0 saturated heterocycles. The maximum absolute atomic E-state index is 12.3. The summed E-state index contributed by atoms with van der Waals surface area (Å²) in [5, 5.41) is 2.52. The molecule has 0 bridgehead atoms. The van der Waals surface area contributed by atoms with Crippen molar-refractivity contribution in [3.8, 4) is 5.75 Å². The van der Waals surface area contributed by atoms with E-state index >= 15 is 0 Å². The number of nitrogens with zero attached hydrogens (tertiary/aromatic N) is 1. The van der Waals surface area contributed by atoms with Crippen LogP contribution in [0.15, 0.2) is 42.5 Å². The van der Waals surface area contributed by atoms with Gasteiger partial charge in [0.1, 0.15) is 5.75 Å². The van der Waals surface area contributed by atoms with E-state index in [1.54, 1.807) is 24.3 Å². The highest BCUT2D eigenvalue weighted by molar-refractivity contribution is 6.21. The number of carbonyl (C=O) groups is 5. The minimum atomic E-state index is -0.680. The van der Waals surface area contributed by atoms with Crippen LogP contribution in [0.5, 0.6) is 5.75 Å². The number of ketones is 1. The molecule has 9 nitrogen and oxygen atoms in total. The molecule has 0 unspecified atom stereocenters.